The average molecular weight is 519 g/mol. The maximum absolute atomic E-state index is 13.1. The summed E-state index contributed by atoms with van der Waals surface area (Å²) >= 11 is -1.74. The first-order chi connectivity index (χ1) is 16.6. The zero-order valence-corrected chi connectivity index (χ0v) is 20.3. The van der Waals surface area contributed by atoms with E-state index in [1.54, 1.807) is 12.1 Å². The summed E-state index contributed by atoms with van der Waals surface area (Å²) in [5.74, 6) is -2.66. The molecule has 12 heteroatoms. The molecule has 10 nitrogen and oxygen atoms in total. The quantitative estimate of drug-likeness (QED) is 0.238. The van der Waals surface area contributed by atoms with E-state index in [1.165, 1.54) is 30.3 Å². The normalized spacial score (nSPS) is 19.0. The maximum atomic E-state index is 13.1. The first kappa shape index (κ1) is 25.0. The van der Waals surface area contributed by atoms with Crippen molar-refractivity contribution in [3.05, 3.63) is 59.2 Å². The van der Waals surface area contributed by atoms with E-state index in [1.807, 2.05) is 6.92 Å². The number of nitrogens with zero attached hydrogens (tertiary/aromatic N) is 1. The molecular weight excluding hydrogens is 496 g/mol. The molecule has 4 amide bonds. The smallest absolute Gasteiger partial charge is 0.296 e. The summed E-state index contributed by atoms with van der Waals surface area (Å²) in [6.07, 6.45) is 0.121. The van der Waals surface area contributed by atoms with Crippen LogP contribution in [0.5, 0.6) is 0 Å². The molecule has 0 spiro atoms. The summed E-state index contributed by atoms with van der Waals surface area (Å²) in [6.45, 7) is 1.61. The summed E-state index contributed by atoms with van der Waals surface area (Å²) in [6, 6.07) is 9.41. The summed E-state index contributed by atoms with van der Waals surface area (Å²) in [5, 5.41) is 2.13. The van der Waals surface area contributed by atoms with Crippen LogP contribution in [0.2, 0.25) is 0 Å². The van der Waals surface area contributed by atoms with Crippen LogP contribution in [-0.4, -0.2) is 59.9 Å². The number of rotatable bonds is 8. The molecule has 0 bridgehead atoms. The molecule has 2 atom stereocenters. The van der Waals surface area contributed by atoms with Crippen molar-refractivity contribution in [2.45, 2.75) is 42.0 Å². The van der Waals surface area contributed by atoms with Crippen molar-refractivity contribution in [1.29, 1.82) is 0 Å². The Morgan fingerprint density at radius 3 is 2.49 bits per heavy atom. The Balaban J connectivity index is 1.43. The summed E-state index contributed by atoms with van der Waals surface area (Å²) in [7, 11) is -3.96. The highest BCUT2D eigenvalue weighted by Gasteiger charge is 2.47. The highest BCUT2D eigenvalue weighted by Crippen LogP contribution is 2.32. The number of carbonyl (C=O) groups is 4. The van der Waals surface area contributed by atoms with Gasteiger partial charge in [0.25, 0.3) is 21.9 Å². The van der Waals surface area contributed by atoms with Gasteiger partial charge in [-0.05, 0) is 48.8 Å². The second-order valence-corrected chi connectivity index (χ2v) is 11.3. The average Bonchev–Trinajstić information content (AvgIpc) is 3.07. The van der Waals surface area contributed by atoms with Crippen molar-refractivity contribution in [2.75, 3.05) is 12.4 Å². The Labute approximate surface area is 204 Å². The molecule has 2 heterocycles. The van der Waals surface area contributed by atoms with E-state index in [0.717, 1.165) is 10.5 Å². The fraction of sp³-hybridized carbons (Fsp3) is 0.304. The molecule has 2 aromatic carbocycles. The van der Waals surface area contributed by atoms with Gasteiger partial charge in [-0.2, -0.15) is 8.42 Å². The Kier molecular flexibility index (Phi) is 7.08. The number of hydrogen-bond acceptors (Lipinski definition) is 8. The molecule has 0 radical (unpaired) electrons. The molecule has 2 unspecified atom stereocenters. The third-order valence-electron chi connectivity index (χ3n) is 5.70. The van der Waals surface area contributed by atoms with Crippen LogP contribution in [0.15, 0.2) is 52.3 Å². The Bertz CT molecular complexity index is 1310. The third kappa shape index (κ3) is 5.01. The standard InChI is InChI=1S/C23H22N2O8S2/c1-14-6-8-15(9-7-14)35(31,32)33-12-3-13-34(30)18-5-2-4-16-20(18)23(29)25(22(16)28)17-10-11-19(26)24-21(17)27/h2,4-9,17H,3,10-13H2,1H3,(H,24,26,27). The molecule has 2 aromatic rings. The van der Waals surface area contributed by atoms with Gasteiger partial charge in [0, 0.05) is 12.8 Å². The molecule has 35 heavy (non-hydrogen) atoms. The molecule has 4 rings (SSSR count). The molecule has 0 aliphatic carbocycles. The van der Waals surface area contributed by atoms with Crippen LogP contribution in [0.3, 0.4) is 0 Å². The van der Waals surface area contributed by atoms with E-state index >= 15 is 0 Å². The minimum Gasteiger partial charge on any atom is -0.611 e. The first-order valence-electron chi connectivity index (χ1n) is 10.8. The number of nitrogens with one attached hydrogen (secondary N) is 1. The fourth-order valence-electron chi connectivity index (χ4n) is 3.92. The lowest BCUT2D eigenvalue weighted by Crippen LogP contribution is -2.54. The largest absolute Gasteiger partial charge is 0.611 e. The SMILES string of the molecule is Cc1ccc(S(=O)(=O)OCCC[S+]([O-])c2cccc3c2C(=O)N(C2CCC(=O)NC2=O)C3=O)cc1. The van der Waals surface area contributed by atoms with Crippen LogP contribution >= 0.6 is 0 Å². The molecule has 184 valence electrons. The second-order valence-electron chi connectivity index (χ2n) is 8.12. The number of hydrogen-bond donors (Lipinski definition) is 1. The van der Waals surface area contributed by atoms with E-state index in [2.05, 4.69) is 5.32 Å². The molecular formula is C23H22N2O8S2. The van der Waals surface area contributed by atoms with Crippen molar-refractivity contribution < 1.29 is 36.3 Å². The van der Waals surface area contributed by atoms with Crippen molar-refractivity contribution in [3.63, 3.8) is 0 Å². The lowest BCUT2D eigenvalue weighted by Gasteiger charge is -2.27. The summed E-state index contributed by atoms with van der Waals surface area (Å²) < 4.78 is 42.6. The Morgan fingerprint density at radius 2 is 1.80 bits per heavy atom. The molecule has 2 aliphatic heterocycles. The fourth-order valence-corrected chi connectivity index (χ4v) is 6.11. The molecule has 1 saturated heterocycles. The Hall–Kier alpha value is -3.06. The van der Waals surface area contributed by atoms with Gasteiger partial charge >= 0.3 is 0 Å². The highest BCUT2D eigenvalue weighted by atomic mass is 32.2. The topological polar surface area (TPSA) is 150 Å². The number of carbonyl (C=O) groups excluding carboxylic acids is 4. The van der Waals surface area contributed by atoms with Gasteiger partial charge in [-0.15, -0.1) is 0 Å². The van der Waals surface area contributed by atoms with Gasteiger partial charge in [0.15, 0.2) is 4.90 Å². The minimum atomic E-state index is -3.96. The number of benzene rings is 2. The minimum absolute atomic E-state index is 0.00586. The zero-order valence-electron chi connectivity index (χ0n) is 18.7. The van der Waals surface area contributed by atoms with Crippen molar-refractivity contribution in [3.8, 4) is 0 Å². The number of piperidine rings is 1. The van der Waals surface area contributed by atoms with Crippen LogP contribution in [0.4, 0.5) is 0 Å². The predicted octanol–water partition coefficient (Wildman–Crippen LogP) is 1.30. The van der Waals surface area contributed by atoms with Gasteiger partial charge in [0.2, 0.25) is 11.8 Å². The molecule has 0 saturated carbocycles. The monoisotopic (exact) mass is 518 g/mol. The van der Waals surface area contributed by atoms with E-state index in [4.69, 9.17) is 4.18 Å². The van der Waals surface area contributed by atoms with E-state index < -0.39 is 51.0 Å². The third-order valence-corrected chi connectivity index (χ3v) is 8.51. The van der Waals surface area contributed by atoms with E-state index in [-0.39, 0.29) is 52.5 Å². The first-order valence-corrected chi connectivity index (χ1v) is 13.5. The van der Waals surface area contributed by atoms with Crippen LogP contribution < -0.4 is 5.32 Å². The maximum Gasteiger partial charge on any atom is 0.296 e. The summed E-state index contributed by atoms with van der Waals surface area (Å²) in [5.41, 5.74) is 0.886. The number of aryl methyl sites for hydroxylation is 1. The van der Waals surface area contributed by atoms with E-state index in [9.17, 15) is 32.1 Å². The molecule has 2 aliphatic rings. The van der Waals surface area contributed by atoms with Crippen LogP contribution in [0.1, 0.15) is 45.5 Å². The predicted molar refractivity (Wildman–Crippen MR) is 123 cm³/mol. The zero-order chi connectivity index (χ0) is 25.3. The van der Waals surface area contributed by atoms with Crippen LogP contribution in [-0.2, 0) is 35.1 Å². The molecule has 0 aromatic heterocycles. The van der Waals surface area contributed by atoms with Gasteiger partial charge in [0.1, 0.15) is 17.4 Å². The van der Waals surface area contributed by atoms with Gasteiger partial charge < -0.3 is 4.55 Å². The number of fused-ring (bicyclic) bond motifs is 1. The number of imide groups is 2. The Morgan fingerprint density at radius 1 is 1.09 bits per heavy atom. The van der Waals surface area contributed by atoms with Crippen LogP contribution in [0, 0.1) is 6.92 Å². The van der Waals surface area contributed by atoms with Crippen molar-refractivity contribution in [1.82, 2.24) is 10.2 Å². The lowest BCUT2D eigenvalue weighted by atomic mass is 10.0. The van der Waals surface area contributed by atoms with Crippen molar-refractivity contribution >= 4 is 44.9 Å². The van der Waals surface area contributed by atoms with Gasteiger partial charge in [-0.1, -0.05) is 23.8 Å². The second kappa shape index (κ2) is 9.90. The van der Waals surface area contributed by atoms with Crippen LogP contribution in [0.25, 0.3) is 0 Å². The lowest BCUT2D eigenvalue weighted by molar-refractivity contribution is -0.136. The summed E-state index contributed by atoms with van der Waals surface area (Å²) in [4.78, 5) is 50.6. The van der Waals surface area contributed by atoms with Gasteiger partial charge in [-0.25, -0.2) is 0 Å². The molecule has 1 fully saturated rings. The van der Waals surface area contributed by atoms with E-state index in [0.29, 0.717) is 0 Å². The van der Waals surface area contributed by atoms with Gasteiger partial charge in [-0.3, -0.25) is 33.6 Å². The number of amides is 4. The van der Waals surface area contributed by atoms with Gasteiger partial charge in [0.05, 0.1) is 17.1 Å². The highest BCUT2D eigenvalue weighted by molar-refractivity contribution is 7.91. The van der Waals surface area contributed by atoms with Crippen molar-refractivity contribution in [2.24, 2.45) is 0 Å². The molecule has 1 N–H and O–H groups in total.